The highest BCUT2D eigenvalue weighted by Gasteiger charge is 2.59. The molecule has 3 aliphatic heterocycles. The highest BCUT2D eigenvalue weighted by molar-refractivity contribution is 7.26. The highest BCUT2D eigenvalue weighted by Crippen LogP contribution is 2.63. The van der Waals surface area contributed by atoms with E-state index in [2.05, 4.69) is 268 Å². The van der Waals surface area contributed by atoms with Crippen molar-refractivity contribution in [2.24, 2.45) is 0 Å². The second kappa shape index (κ2) is 17.5. The van der Waals surface area contributed by atoms with Crippen molar-refractivity contribution in [2.45, 2.75) is 154 Å². The number of anilines is 8. The van der Waals surface area contributed by atoms with Gasteiger partial charge in [0.25, 0.3) is 6.71 Å². The van der Waals surface area contributed by atoms with E-state index in [-0.39, 0.29) is 39.3 Å². The Morgan fingerprint density at radius 3 is 1.87 bits per heavy atom. The first-order valence-electron chi connectivity index (χ1n) is 31.1. The minimum Gasteiger partial charge on any atom is -0.454 e. The third-order valence-electron chi connectivity index (χ3n) is 21.6. The summed E-state index contributed by atoms with van der Waals surface area (Å²) in [7, 11) is 0. The summed E-state index contributed by atoms with van der Waals surface area (Å²) in [6.45, 7) is 29.3. The number of benzene rings is 9. The van der Waals surface area contributed by atoms with Crippen LogP contribution in [0.25, 0.3) is 53.2 Å². The monoisotopic (exact) mass is 1110 g/mol. The number of fused-ring (bicyclic) bond motifs is 15. The van der Waals surface area contributed by atoms with Gasteiger partial charge >= 0.3 is 0 Å². The number of para-hydroxylation sites is 2. The van der Waals surface area contributed by atoms with E-state index in [0.29, 0.717) is 0 Å². The fourth-order valence-electron chi connectivity index (χ4n) is 16.5. The third-order valence-corrected chi connectivity index (χ3v) is 22.8. The van der Waals surface area contributed by atoms with Gasteiger partial charge in [-0.2, -0.15) is 0 Å². The van der Waals surface area contributed by atoms with E-state index in [9.17, 15) is 0 Å². The van der Waals surface area contributed by atoms with E-state index in [0.717, 1.165) is 53.3 Å². The van der Waals surface area contributed by atoms with Crippen LogP contribution in [0, 0.1) is 0 Å². The Bertz CT molecular complexity index is 4600. The lowest BCUT2D eigenvalue weighted by molar-refractivity contribution is 0.195. The average Bonchev–Trinajstić information content (AvgIpc) is 1.18. The molecule has 84 heavy (non-hydrogen) atoms. The molecule has 16 rings (SSSR count). The molecule has 0 saturated heterocycles. The summed E-state index contributed by atoms with van der Waals surface area (Å²) in [5.74, 6) is 0. The van der Waals surface area contributed by atoms with Gasteiger partial charge in [0.1, 0.15) is 5.58 Å². The van der Waals surface area contributed by atoms with Crippen molar-refractivity contribution in [3.05, 3.63) is 198 Å². The fraction of sp³-hybridized carbons (Fsp3) is 0.308. The normalized spacial score (nSPS) is 20.3. The topological polar surface area (TPSA) is 22.9 Å². The molecule has 0 spiro atoms. The second-order valence-corrected chi connectivity index (χ2v) is 30.5. The number of hydrogen-bond donors (Lipinski definition) is 0. The van der Waals surface area contributed by atoms with Crippen LogP contribution in [0.4, 0.5) is 45.5 Å². The highest BCUT2D eigenvalue weighted by atomic mass is 32.1. The van der Waals surface area contributed by atoms with Gasteiger partial charge in [0.2, 0.25) is 0 Å². The standard InChI is InChI=1S/C78H76BN3OS/c1-73(2,3)48-31-35-61(55(41-48)47-23-14-13-15-24-47)81-66-44-50(82-62-36-32-49(74(4,5)6)42-58(62)77(11)37-20-21-38-78(77,82)12)43-65-69(66)79(59-34-33-54-52-26-17-19-30-68(52)84-72(54)70(59)81)60-45-56-57(76(9,10)40-39-75(56,7)8)46-64(60)80(65)63-28-22-27-53-51-25-16-18-29-67(51)83-71(53)63/h13-19,22-36,41-46H,20-21,37-40H2,1-12H3. The fourth-order valence-corrected chi connectivity index (χ4v) is 17.7. The molecular weight excluding hydrogens is 1040 g/mol. The first kappa shape index (κ1) is 52.1. The maximum absolute atomic E-state index is 7.23. The summed E-state index contributed by atoms with van der Waals surface area (Å²) in [6.07, 6.45) is 6.92. The minimum atomic E-state index is -0.213. The van der Waals surface area contributed by atoms with E-state index in [1.54, 1.807) is 0 Å². The molecule has 1 fully saturated rings. The molecule has 0 amide bonds. The van der Waals surface area contributed by atoms with Crippen LogP contribution in [-0.4, -0.2) is 12.3 Å². The molecule has 2 aliphatic carbocycles. The molecule has 2 unspecified atom stereocenters. The summed E-state index contributed by atoms with van der Waals surface area (Å²) in [5, 5.41) is 4.89. The summed E-state index contributed by atoms with van der Waals surface area (Å²) < 4.78 is 9.87. The lowest BCUT2D eigenvalue weighted by Gasteiger charge is -2.51. The Morgan fingerprint density at radius 1 is 0.476 bits per heavy atom. The zero-order chi connectivity index (χ0) is 57.8. The summed E-state index contributed by atoms with van der Waals surface area (Å²) in [6, 6.07) is 66.4. The molecule has 6 heteroatoms. The molecule has 2 aromatic heterocycles. The lowest BCUT2D eigenvalue weighted by atomic mass is 9.33. The molecule has 9 aromatic carbocycles. The molecule has 0 radical (unpaired) electrons. The van der Waals surface area contributed by atoms with Crippen molar-refractivity contribution in [3.63, 3.8) is 0 Å². The van der Waals surface area contributed by atoms with Crippen LogP contribution in [-0.2, 0) is 27.1 Å². The first-order valence-corrected chi connectivity index (χ1v) is 31.9. The maximum Gasteiger partial charge on any atom is 0.252 e. The van der Waals surface area contributed by atoms with Crippen molar-refractivity contribution in [1.29, 1.82) is 0 Å². The van der Waals surface area contributed by atoms with E-state index in [1.807, 2.05) is 11.3 Å². The lowest BCUT2D eigenvalue weighted by Crippen LogP contribution is -2.62. The van der Waals surface area contributed by atoms with E-state index >= 15 is 0 Å². The molecule has 2 atom stereocenters. The number of thiophene rings is 1. The summed E-state index contributed by atoms with van der Waals surface area (Å²) in [5.41, 5.74) is 24.8. The molecule has 11 aromatic rings. The molecule has 0 bridgehead atoms. The number of hydrogen-bond acceptors (Lipinski definition) is 5. The van der Waals surface area contributed by atoms with Crippen LogP contribution in [0.1, 0.15) is 149 Å². The van der Waals surface area contributed by atoms with Gasteiger partial charge in [-0.15, -0.1) is 11.3 Å². The number of rotatable bonds is 4. The van der Waals surface area contributed by atoms with Gasteiger partial charge in [0.15, 0.2) is 5.58 Å². The Labute approximate surface area is 501 Å². The predicted octanol–water partition coefficient (Wildman–Crippen LogP) is 20.4. The van der Waals surface area contributed by atoms with Crippen molar-refractivity contribution < 1.29 is 4.42 Å². The van der Waals surface area contributed by atoms with Crippen LogP contribution in [0.3, 0.4) is 0 Å². The number of furan rings is 1. The molecule has 4 nitrogen and oxygen atoms in total. The van der Waals surface area contributed by atoms with Crippen molar-refractivity contribution in [3.8, 4) is 11.1 Å². The molecule has 5 heterocycles. The Hall–Kier alpha value is -7.54. The van der Waals surface area contributed by atoms with Crippen LogP contribution < -0.4 is 31.1 Å². The van der Waals surface area contributed by atoms with Crippen molar-refractivity contribution >= 4 is 122 Å². The van der Waals surface area contributed by atoms with Crippen LogP contribution in [0.2, 0.25) is 0 Å². The predicted molar refractivity (Wildman–Crippen MR) is 362 cm³/mol. The Balaban J connectivity index is 1.10. The zero-order valence-corrected chi connectivity index (χ0v) is 52.0. The molecule has 0 N–H and O–H groups in total. The van der Waals surface area contributed by atoms with Gasteiger partial charge in [-0.05, 0) is 159 Å². The second-order valence-electron chi connectivity index (χ2n) is 29.4. The first-order chi connectivity index (χ1) is 40.1. The molecular formula is C78H76BN3OS. The Kier molecular flexibility index (Phi) is 10.9. The number of nitrogens with zero attached hydrogens (tertiary/aromatic N) is 3. The van der Waals surface area contributed by atoms with Gasteiger partial charge < -0.3 is 19.1 Å². The van der Waals surface area contributed by atoms with Gasteiger partial charge in [-0.1, -0.05) is 204 Å². The van der Waals surface area contributed by atoms with Crippen molar-refractivity contribution in [2.75, 3.05) is 14.7 Å². The maximum atomic E-state index is 7.23. The zero-order valence-electron chi connectivity index (χ0n) is 51.1. The van der Waals surface area contributed by atoms with Crippen LogP contribution in [0.15, 0.2) is 174 Å². The average molecular weight is 1110 g/mol. The quantitative estimate of drug-likeness (QED) is 0.164. The van der Waals surface area contributed by atoms with Gasteiger partial charge in [0.05, 0.1) is 27.3 Å². The third kappa shape index (κ3) is 7.19. The van der Waals surface area contributed by atoms with E-state index in [1.165, 1.54) is 128 Å². The minimum absolute atomic E-state index is 0.00818. The van der Waals surface area contributed by atoms with Gasteiger partial charge in [-0.25, -0.2) is 0 Å². The van der Waals surface area contributed by atoms with Crippen molar-refractivity contribution in [1.82, 2.24) is 0 Å². The summed E-state index contributed by atoms with van der Waals surface area (Å²) >= 11 is 1.96. The largest absolute Gasteiger partial charge is 0.454 e. The van der Waals surface area contributed by atoms with Gasteiger partial charge in [0, 0.05) is 65.7 Å². The smallest absolute Gasteiger partial charge is 0.252 e. The molecule has 5 aliphatic rings. The molecule has 1 saturated carbocycles. The van der Waals surface area contributed by atoms with Crippen LogP contribution in [0.5, 0.6) is 0 Å². The van der Waals surface area contributed by atoms with Crippen LogP contribution >= 0.6 is 11.3 Å². The van der Waals surface area contributed by atoms with E-state index in [4.69, 9.17) is 4.42 Å². The SMILES string of the molecule is CC(C)(C)c1ccc(N2c3cc(N4c5ccc(C(C)(C)C)cc5C5(C)CCCCC45C)cc4c3B(c3cc5c(cc3N4c3cccc4c3oc3ccccc34)C(C)(C)CCC5(C)C)c3ccc4c(sc5ccccc54)c32)c(-c2ccccc2)c1. The van der Waals surface area contributed by atoms with E-state index < -0.39 is 0 Å². The Morgan fingerprint density at radius 2 is 1.12 bits per heavy atom. The molecule has 418 valence electrons. The van der Waals surface area contributed by atoms with Gasteiger partial charge in [-0.3, -0.25) is 0 Å². The summed E-state index contributed by atoms with van der Waals surface area (Å²) in [4.78, 5) is 8.29.